The molecule has 0 radical (unpaired) electrons. The van der Waals surface area contributed by atoms with Crippen LogP contribution in [0.4, 0.5) is 18.3 Å². The zero-order valence-electron chi connectivity index (χ0n) is 10.7. The van der Waals surface area contributed by atoms with Crippen molar-refractivity contribution in [1.29, 1.82) is 0 Å². The molecule has 1 aromatic carbocycles. The van der Waals surface area contributed by atoms with Crippen LogP contribution in [0.1, 0.15) is 17.3 Å². The number of alkyl halides is 3. The Morgan fingerprint density at radius 1 is 1.29 bits per heavy atom. The lowest BCUT2D eigenvalue weighted by molar-refractivity contribution is -0.137. The number of aromatic nitrogens is 3. The van der Waals surface area contributed by atoms with E-state index in [0.29, 0.717) is 33.6 Å². The van der Waals surface area contributed by atoms with E-state index in [1.54, 1.807) is 6.92 Å². The number of benzene rings is 1. The van der Waals surface area contributed by atoms with Gasteiger partial charge in [-0.25, -0.2) is 4.98 Å². The highest BCUT2D eigenvalue weighted by Crippen LogP contribution is 2.33. The van der Waals surface area contributed by atoms with E-state index < -0.39 is 11.7 Å². The third kappa shape index (κ3) is 2.97. The molecule has 0 saturated carbocycles. The van der Waals surface area contributed by atoms with E-state index in [1.807, 2.05) is 0 Å². The first kappa shape index (κ1) is 13.8. The Morgan fingerprint density at radius 3 is 2.76 bits per heavy atom. The summed E-state index contributed by atoms with van der Waals surface area (Å²) in [6.07, 6.45) is -4.37. The molecule has 0 aliphatic carbocycles. The van der Waals surface area contributed by atoms with Gasteiger partial charge in [-0.3, -0.25) is 0 Å². The molecular weight excluding hydrogens is 305 g/mol. The summed E-state index contributed by atoms with van der Waals surface area (Å²) in [6.45, 7) is 1.97. The van der Waals surface area contributed by atoms with Crippen LogP contribution in [0, 0.1) is 6.92 Å². The predicted molar refractivity (Wildman–Crippen MR) is 71.0 cm³/mol. The van der Waals surface area contributed by atoms with E-state index in [2.05, 4.69) is 20.4 Å². The SMILES string of the molecule is Cc1nc(CNc2nc3cc(C(F)(F)F)ccc3s2)no1. The summed E-state index contributed by atoms with van der Waals surface area (Å²) in [6, 6.07) is 3.50. The monoisotopic (exact) mass is 314 g/mol. The van der Waals surface area contributed by atoms with Gasteiger partial charge in [0.25, 0.3) is 0 Å². The summed E-state index contributed by atoms with van der Waals surface area (Å²) in [5.74, 6) is 0.911. The van der Waals surface area contributed by atoms with Gasteiger partial charge in [0.1, 0.15) is 0 Å². The molecule has 0 bridgehead atoms. The Balaban J connectivity index is 1.80. The summed E-state index contributed by atoms with van der Waals surface area (Å²) < 4.78 is 43.4. The molecule has 3 rings (SSSR count). The standard InChI is InChI=1S/C12H9F3N4OS/c1-6-17-10(19-20-6)5-16-11-18-8-4-7(12(13,14)15)2-3-9(8)21-11/h2-4H,5H2,1H3,(H,16,18). The molecule has 2 aromatic heterocycles. The van der Waals surface area contributed by atoms with Crippen molar-refractivity contribution < 1.29 is 17.7 Å². The molecule has 21 heavy (non-hydrogen) atoms. The van der Waals surface area contributed by atoms with Crippen molar-refractivity contribution >= 4 is 26.7 Å². The summed E-state index contributed by atoms with van der Waals surface area (Å²) in [4.78, 5) is 8.14. The number of hydrogen-bond donors (Lipinski definition) is 1. The quantitative estimate of drug-likeness (QED) is 0.800. The van der Waals surface area contributed by atoms with Gasteiger partial charge in [0.15, 0.2) is 11.0 Å². The average Bonchev–Trinajstić information content (AvgIpc) is 2.99. The van der Waals surface area contributed by atoms with Crippen LogP contribution in [-0.4, -0.2) is 15.1 Å². The van der Waals surface area contributed by atoms with E-state index in [9.17, 15) is 13.2 Å². The zero-order chi connectivity index (χ0) is 15.0. The second-order valence-electron chi connectivity index (χ2n) is 4.28. The minimum atomic E-state index is -4.37. The molecule has 0 amide bonds. The topological polar surface area (TPSA) is 63.8 Å². The molecular formula is C12H9F3N4OS. The van der Waals surface area contributed by atoms with Gasteiger partial charge in [-0.15, -0.1) is 0 Å². The molecule has 1 N–H and O–H groups in total. The zero-order valence-corrected chi connectivity index (χ0v) is 11.5. The van der Waals surface area contributed by atoms with Crippen LogP contribution in [0.5, 0.6) is 0 Å². The normalized spacial score (nSPS) is 12.0. The maximum absolute atomic E-state index is 12.6. The van der Waals surface area contributed by atoms with E-state index in [0.717, 1.165) is 12.1 Å². The summed E-state index contributed by atoms with van der Waals surface area (Å²) in [5, 5.41) is 7.18. The molecule has 9 heteroatoms. The fourth-order valence-electron chi connectivity index (χ4n) is 1.75. The van der Waals surface area contributed by atoms with Gasteiger partial charge in [-0.05, 0) is 18.2 Å². The molecule has 0 saturated heterocycles. The Bertz CT molecular complexity index is 780. The molecule has 3 aromatic rings. The maximum atomic E-state index is 12.6. The van der Waals surface area contributed by atoms with Crippen molar-refractivity contribution in [3.63, 3.8) is 0 Å². The van der Waals surface area contributed by atoms with Gasteiger partial charge in [-0.1, -0.05) is 16.5 Å². The number of nitrogens with one attached hydrogen (secondary N) is 1. The van der Waals surface area contributed by atoms with Crippen LogP contribution < -0.4 is 5.32 Å². The minimum absolute atomic E-state index is 0.295. The van der Waals surface area contributed by atoms with Gasteiger partial charge in [0.2, 0.25) is 5.89 Å². The molecule has 110 valence electrons. The molecule has 0 spiro atoms. The molecule has 0 aliphatic rings. The van der Waals surface area contributed by atoms with Crippen molar-refractivity contribution in [2.24, 2.45) is 0 Å². The first-order valence-electron chi connectivity index (χ1n) is 5.93. The fourth-order valence-corrected chi connectivity index (χ4v) is 2.59. The van der Waals surface area contributed by atoms with Crippen molar-refractivity contribution in [1.82, 2.24) is 15.1 Å². The largest absolute Gasteiger partial charge is 0.416 e. The van der Waals surface area contributed by atoms with Crippen LogP contribution in [0.3, 0.4) is 0 Å². The van der Waals surface area contributed by atoms with Crippen LogP contribution in [0.25, 0.3) is 10.2 Å². The number of aryl methyl sites for hydroxylation is 1. The van der Waals surface area contributed by atoms with Gasteiger partial charge >= 0.3 is 6.18 Å². The number of nitrogens with zero attached hydrogens (tertiary/aromatic N) is 3. The number of halogens is 3. The first-order valence-corrected chi connectivity index (χ1v) is 6.74. The van der Waals surface area contributed by atoms with Crippen molar-refractivity contribution in [2.45, 2.75) is 19.6 Å². The van der Waals surface area contributed by atoms with Crippen molar-refractivity contribution in [3.05, 3.63) is 35.5 Å². The van der Waals surface area contributed by atoms with Crippen LogP contribution >= 0.6 is 11.3 Å². The number of thiazole rings is 1. The molecule has 0 fully saturated rings. The lowest BCUT2D eigenvalue weighted by Crippen LogP contribution is -2.04. The Hall–Kier alpha value is -2.16. The summed E-state index contributed by atoms with van der Waals surface area (Å²) in [7, 11) is 0. The van der Waals surface area contributed by atoms with Gasteiger partial charge < -0.3 is 9.84 Å². The third-order valence-corrected chi connectivity index (χ3v) is 3.68. The Labute approximate surface area is 120 Å². The number of hydrogen-bond acceptors (Lipinski definition) is 6. The van der Waals surface area contributed by atoms with E-state index in [1.165, 1.54) is 17.4 Å². The number of rotatable bonds is 3. The minimum Gasteiger partial charge on any atom is -0.354 e. The van der Waals surface area contributed by atoms with E-state index in [-0.39, 0.29) is 0 Å². The smallest absolute Gasteiger partial charge is 0.354 e. The third-order valence-electron chi connectivity index (χ3n) is 2.68. The lowest BCUT2D eigenvalue weighted by atomic mass is 10.2. The predicted octanol–water partition coefficient (Wildman–Crippen LogP) is 3.62. The van der Waals surface area contributed by atoms with Crippen molar-refractivity contribution in [2.75, 3.05) is 5.32 Å². The van der Waals surface area contributed by atoms with Crippen LogP contribution in [0.15, 0.2) is 22.7 Å². The average molecular weight is 314 g/mol. The lowest BCUT2D eigenvalue weighted by Gasteiger charge is -2.04. The number of fused-ring (bicyclic) bond motifs is 1. The highest BCUT2D eigenvalue weighted by atomic mass is 32.1. The second-order valence-corrected chi connectivity index (χ2v) is 5.31. The second kappa shape index (κ2) is 4.99. The highest BCUT2D eigenvalue weighted by molar-refractivity contribution is 7.22. The number of anilines is 1. The molecule has 0 atom stereocenters. The Morgan fingerprint density at radius 2 is 2.10 bits per heavy atom. The molecule has 0 aliphatic heterocycles. The Kier molecular flexibility index (Phi) is 3.28. The maximum Gasteiger partial charge on any atom is 0.416 e. The van der Waals surface area contributed by atoms with E-state index in [4.69, 9.17) is 4.52 Å². The van der Waals surface area contributed by atoms with Crippen molar-refractivity contribution in [3.8, 4) is 0 Å². The summed E-state index contributed by atoms with van der Waals surface area (Å²) in [5.41, 5.74) is -0.401. The van der Waals surface area contributed by atoms with Crippen LogP contribution in [-0.2, 0) is 12.7 Å². The molecule has 2 heterocycles. The van der Waals surface area contributed by atoms with Gasteiger partial charge in [-0.2, -0.15) is 18.2 Å². The van der Waals surface area contributed by atoms with Crippen LogP contribution in [0.2, 0.25) is 0 Å². The fraction of sp³-hybridized carbons (Fsp3) is 0.250. The molecule has 5 nitrogen and oxygen atoms in total. The summed E-state index contributed by atoms with van der Waals surface area (Å²) >= 11 is 1.27. The first-order chi connectivity index (χ1) is 9.91. The molecule has 0 unspecified atom stereocenters. The highest BCUT2D eigenvalue weighted by Gasteiger charge is 2.30. The van der Waals surface area contributed by atoms with E-state index >= 15 is 0 Å². The van der Waals surface area contributed by atoms with Gasteiger partial charge in [0, 0.05) is 6.92 Å². The van der Waals surface area contributed by atoms with Gasteiger partial charge in [0.05, 0.1) is 22.3 Å².